The second kappa shape index (κ2) is 8.66. The fourth-order valence-electron chi connectivity index (χ4n) is 3.53. The SMILES string of the molecule is C[C@H](O)Cn1ncc(-c2[nH]cc(-c3ccccc3Cl)c2COC2COC2)c1C(F)(F)F. The van der Waals surface area contributed by atoms with Crippen molar-refractivity contribution in [2.45, 2.75) is 38.5 Å². The van der Waals surface area contributed by atoms with E-state index < -0.39 is 18.0 Å². The summed E-state index contributed by atoms with van der Waals surface area (Å²) in [7, 11) is 0. The average molecular weight is 456 g/mol. The van der Waals surface area contributed by atoms with Crippen molar-refractivity contribution in [1.82, 2.24) is 14.8 Å². The lowest BCUT2D eigenvalue weighted by molar-refractivity contribution is -0.144. The van der Waals surface area contributed by atoms with Crippen LogP contribution >= 0.6 is 11.6 Å². The van der Waals surface area contributed by atoms with Gasteiger partial charge in [0.2, 0.25) is 0 Å². The van der Waals surface area contributed by atoms with Gasteiger partial charge in [-0.1, -0.05) is 29.8 Å². The normalized spacial score (nSPS) is 15.8. The molecule has 3 aromatic rings. The maximum absolute atomic E-state index is 14.0. The zero-order valence-electron chi connectivity index (χ0n) is 16.6. The Balaban J connectivity index is 1.83. The van der Waals surface area contributed by atoms with E-state index in [1.807, 2.05) is 0 Å². The van der Waals surface area contributed by atoms with Crippen molar-refractivity contribution in [2.24, 2.45) is 0 Å². The third-order valence-corrected chi connectivity index (χ3v) is 5.37. The number of hydrogen-bond donors (Lipinski definition) is 2. The molecule has 166 valence electrons. The lowest BCUT2D eigenvalue weighted by atomic mass is 10.00. The number of rotatable bonds is 7. The molecular formula is C21H21ClF3N3O3. The van der Waals surface area contributed by atoms with E-state index in [1.54, 1.807) is 30.5 Å². The summed E-state index contributed by atoms with van der Waals surface area (Å²) in [5.74, 6) is 0. The Labute approximate surface area is 181 Å². The minimum Gasteiger partial charge on any atom is -0.391 e. The first-order valence-electron chi connectivity index (χ1n) is 9.71. The Morgan fingerprint density at radius 3 is 2.65 bits per heavy atom. The molecular weight excluding hydrogens is 435 g/mol. The Bertz CT molecular complexity index is 1060. The highest BCUT2D eigenvalue weighted by Gasteiger charge is 2.40. The standard InChI is InChI=1S/C21H21ClF3N3O3/c1-12(29)8-28-20(21(23,24)25)16(7-27-28)19-17(11-31-13-9-30-10-13)15(6-26-19)14-4-2-3-5-18(14)22/h2-7,12-13,26,29H,8-11H2,1H3/t12-/m0/s1. The molecule has 0 amide bonds. The van der Waals surface area contributed by atoms with E-state index in [4.69, 9.17) is 21.1 Å². The maximum atomic E-state index is 14.0. The van der Waals surface area contributed by atoms with Gasteiger partial charge in [0.1, 0.15) is 6.10 Å². The van der Waals surface area contributed by atoms with Gasteiger partial charge in [-0.3, -0.25) is 4.68 Å². The number of aromatic nitrogens is 3. The summed E-state index contributed by atoms with van der Waals surface area (Å²) in [5, 5.41) is 14.0. The van der Waals surface area contributed by atoms with Gasteiger partial charge in [0.15, 0.2) is 5.69 Å². The first-order valence-corrected chi connectivity index (χ1v) is 10.1. The fourth-order valence-corrected chi connectivity index (χ4v) is 3.77. The minimum absolute atomic E-state index is 0.0757. The zero-order valence-corrected chi connectivity index (χ0v) is 17.4. The lowest BCUT2D eigenvalue weighted by Gasteiger charge is -2.26. The molecule has 10 heteroatoms. The molecule has 6 nitrogen and oxygen atoms in total. The second-order valence-electron chi connectivity index (χ2n) is 7.44. The van der Waals surface area contributed by atoms with E-state index >= 15 is 0 Å². The van der Waals surface area contributed by atoms with Crippen molar-refractivity contribution < 1.29 is 27.8 Å². The zero-order chi connectivity index (χ0) is 22.2. The maximum Gasteiger partial charge on any atom is 0.433 e. The monoisotopic (exact) mass is 455 g/mol. The molecule has 3 heterocycles. The molecule has 0 radical (unpaired) electrons. The van der Waals surface area contributed by atoms with Crippen LogP contribution in [-0.2, 0) is 28.8 Å². The highest BCUT2D eigenvalue weighted by Crippen LogP contribution is 2.41. The highest BCUT2D eigenvalue weighted by atomic mass is 35.5. The number of nitrogens with zero attached hydrogens (tertiary/aromatic N) is 2. The van der Waals surface area contributed by atoms with Gasteiger partial charge in [-0.15, -0.1) is 0 Å². The molecule has 1 atom stereocenters. The van der Waals surface area contributed by atoms with Crippen LogP contribution in [0.4, 0.5) is 13.2 Å². The lowest BCUT2D eigenvalue weighted by Crippen LogP contribution is -2.35. The molecule has 1 aliphatic heterocycles. The van der Waals surface area contributed by atoms with E-state index in [1.165, 1.54) is 6.92 Å². The topological polar surface area (TPSA) is 72.3 Å². The summed E-state index contributed by atoms with van der Waals surface area (Å²) >= 11 is 6.35. The van der Waals surface area contributed by atoms with Gasteiger partial charge in [-0.25, -0.2) is 0 Å². The van der Waals surface area contributed by atoms with Crippen molar-refractivity contribution in [3.8, 4) is 22.4 Å². The number of ether oxygens (including phenoxy) is 2. The van der Waals surface area contributed by atoms with Crippen LogP contribution in [0.15, 0.2) is 36.7 Å². The molecule has 4 rings (SSSR count). The quantitative estimate of drug-likeness (QED) is 0.549. The number of benzene rings is 1. The highest BCUT2D eigenvalue weighted by molar-refractivity contribution is 6.33. The van der Waals surface area contributed by atoms with Crippen LogP contribution < -0.4 is 0 Å². The Morgan fingerprint density at radius 2 is 2.03 bits per heavy atom. The number of hydrogen-bond acceptors (Lipinski definition) is 4. The van der Waals surface area contributed by atoms with Crippen molar-refractivity contribution in [1.29, 1.82) is 0 Å². The van der Waals surface area contributed by atoms with Gasteiger partial charge in [0.05, 0.1) is 44.4 Å². The number of nitrogens with one attached hydrogen (secondary N) is 1. The molecule has 2 N–H and O–H groups in total. The molecule has 1 aromatic carbocycles. The average Bonchev–Trinajstić information content (AvgIpc) is 3.24. The summed E-state index contributed by atoms with van der Waals surface area (Å²) in [4.78, 5) is 2.97. The van der Waals surface area contributed by atoms with Gasteiger partial charge in [0.25, 0.3) is 0 Å². The smallest absolute Gasteiger partial charge is 0.391 e. The molecule has 1 aliphatic rings. The molecule has 1 saturated heterocycles. The number of aromatic amines is 1. The van der Waals surface area contributed by atoms with Crippen LogP contribution in [0.1, 0.15) is 18.2 Å². The van der Waals surface area contributed by atoms with Crippen molar-refractivity contribution in [3.63, 3.8) is 0 Å². The van der Waals surface area contributed by atoms with E-state index in [0.717, 1.165) is 10.9 Å². The Hall–Kier alpha value is -2.33. The molecule has 0 unspecified atom stereocenters. The number of aliphatic hydroxyl groups excluding tert-OH is 1. The van der Waals surface area contributed by atoms with Crippen LogP contribution in [0.25, 0.3) is 22.4 Å². The number of alkyl halides is 3. The molecule has 0 bridgehead atoms. The third kappa shape index (κ3) is 4.50. The van der Waals surface area contributed by atoms with E-state index in [2.05, 4.69) is 10.1 Å². The van der Waals surface area contributed by atoms with Crippen molar-refractivity contribution >= 4 is 11.6 Å². The number of aliphatic hydroxyl groups is 1. The Kier molecular flexibility index (Phi) is 6.11. The van der Waals surface area contributed by atoms with Crippen LogP contribution in [0.2, 0.25) is 5.02 Å². The number of H-pyrrole nitrogens is 1. The molecule has 2 aromatic heterocycles. The molecule has 1 fully saturated rings. The molecule has 0 saturated carbocycles. The number of halogens is 4. The summed E-state index contributed by atoms with van der Waals surface area (Å²) in [6.07, 6.45) is -2.99. The molecule has 0 spiro atoms. The van der Waals surface area contributed by atoms with Crippen LogP contribution in [0, 0.1) is 0 Å². The van der Waals surface area contributed by atoms with Gasteiger partial charge in [-0.2, -0.15) is 18.3 Å². The summed E-state index contributed by atoms with van der Waals surface area (Å²) in [5.41, 5.74) is 1.07. The molecule has 0 aliphatic carbocycles. The fraction of sp³-hybridized carbons (Fsp3) is 0.381. The second-order valence-corrected chi connectivity index (χ2v) is 7.85. The van der Waals surface area contributed by atoms with E-state index in [-0.39, 0.29) is 30.5 Å². The summed E-state index contributed by atoms with van der Waals surface area (Å²) in [6.45, 7) is 2.10. The van der Waals surface area contributed by atoms with Gasteiger partial charge in [-0.05, 0) is 13.0 Å². The summed E-state index contributed by atoms with van der Waals surface area (Å²) in [6, 6.07) is 7.10. The van der Waals surface area contributed by atoms with Crippen LogP contribution in [0.3, 0.4) is 0 Å². The van der Waals surface area contributed by atoms with Gasteiger partial charge in [0, 0.05) is 33.5 Å². The third-order valence-electron chi connectivity index (χ3n) is 5.04. The predicted octanol–water partition coefficient (Wildman–Crippen LogP) is 4.51. The Morgan fingerprint density at radius 1 is 1.29 bits per heavy atom. The van der Waals surface area contributed by atoms with E-state index in [0.29, 0.717) is 34.9 Å². The minimum atomic E-state index is -4.67. The van der Waals surface area contributed by atoms with E-state index in [9.17, 15) is 18.3 Å². The van der Waals surface area contributed by atoms with Gasteiger partial charge < -0.3 is 19.6 Å². The molecule has 31 heavy (non-hydrogen) atoms. The largest absolute Gasteiger partial charge is 0.433 e. The first-order chi connectivity index (χ1) is 14.8. The first kappa shape index (κ1) is 21.9. The summed E-state index contributed by atoms with van der Waals surface area (Å²) < 4.78 is 53.6. The van der Waals surface area contributed by atoms with Crippen molar-refractivity contribution in [3.05, 3.63) is 52.9 Å². The van der Waals surface area contributed by atoms with Gasteiger partial charge >= 0.3 is 6.18 Å². The van der Waals surface area contributed by atoms with Crippen molar-refractivity contribution in [2.75, 3.05) is 13.2 Å². The van der Waals surface area contributed by atoms with Crippen LogP contribution in [0.5, 0.6) is 0 Å². The van der Waals surface area contributed by atoms with Crippen LogP contribution in [-0.4, -0.2) is 45.3 Å². The predicted molar refractivity (Wildman–Crippen MR) is 109 cm³/mol.